The van der Waals surface area contributed by atoms with Gasteiger partial charge in [-0.25, -0.2) is 13.2 Å². The molecular formula is C40H44N2O8S2. The Labute approximate surface area is 308 Å². The largest absolute Gasteiger partial charge is 0.481 e. The number of carboxylic acids is 2. The molecule has 0 aliphatic heterocycles. The predicted molar refractivity (Wildman–Crippen MR) is 201 cm³/mol. The van der Waals surface area contributed by atoms with Gasteiger partial charge < -0.3 is 15.5 Å². The van der Waals surface area contributed by atoms with Gasteiger partial charge in [0.2, 0.25) is 10.0 Å². The van der Waals surface area contributed by atoms with Crippen LogP contribution in [0.5, 0.6) is 0 Å². The Morgan fingerprint density at radius 1 is 0.846 bits per heavy atom. The Morgan fingerprint density at radius 2 is 1.50 bits per heavy atom. The number of aromatic carboxylic acids is 1. The second kappa shape index (κ2) is 17.2. The fraction of sp³-hybridized carbons (Fsp3) is 0.350. The second-order valence-corrected chi connectivity index (χ2v) is 16.4. The number of carbonyl (C=O) groups is 4. The quantitative estimate of drug-likeness (QED) is 0.0942. The number of aryl methyl sites for hydroxylation is 3. The molecule has 0 radical (unpaired) electrons. The molecule has 1 amide bonds. The van der Waals surface area contributed by atoms with E-state index in [0.29, 0.717) is 16.1 Å². The molecule has 1 aromatic heterocycles. The van der Waals surface area contributed by atoms with E-state index >= 15 is 0 Å². The van der Waals surface area contributed by atoms with Crippen molar-refractivity contribution in [1.82, 2.24) is 4.31 Å². The number of amides is 1. The normalized spacial score (nSPS) is 12.8. The molecule has 4 aromatic rings. The van der Waals surface area contributed by atoms with E-state index in [1.54, 1.807) is 32.0 Å². The van der Waals surface area contributed by atoms with Crippen LogP contribution in [0.1, 0.15) is 103 Å². The van der Waals surface area contributed by atoms with Crippen LogP contribution in [0.2, 0.25) is 0 Å². The summed E-state index contributed by atoms with van der Waals surface area (Å²) in [7, 11) is -4.00. The topological polar surface area (TPSA) is 158 Å². The molecule has 52 heavy (non-hydrogen) atoms. The van der Waals surface area contributed by atoms with Gasteiger partial charge in [-0.15, -0.1) is 11.3 Å². The molecule has 5 rings (SSSR count). The van der Waals surface area contributed by atoms with Crippen LogP contribution in [-0.2, 0) is 46.9 Å². The summed E-state index contributed by atoms with van der Waals surface area (Å²) in [4.78, 5) is 51.4. The van der Waals surface area contributed by atoms with Crippen molar-refractivity contribution in [3.63, 3.8) is 0 Å². The number of anilines is 1. The lowest BCUT2D eigenvalue weighted by Gasteiger charge is -2.26. The number of hydrogen-bond acceptors (Lipinski definition) is 7. The van der Waals surface area contributed by atoms with Gasteiger partial charge in [0.25, 0.3) is 5.91 Å². The number of nitrogens with one attached hydrogen (secondary N) is 1. The van der Waals surface area contributed by atoms with Crippen LogP contribution in [0.4, 0.5) is 5.69 Å². The Morgan fingerprint density at radius 3 is 2.13 bits per heavy atom. The molecule has 10 nitrogen and oxygen atoms in total. The van der Waals surface area contributed by atoms with Gasteiger partial charge >= 0.3 is 11.9 Å². The minimum atomic E-state index is -4.00. The number of carbonyl (C=O) groups excluding carboxylic acids is 2. The van der Waals surface area contributed by atoms with Gasteiger partial charge in [-0.2, -0.15) is 4.31 Å². The lowest BCUT2D eigenvalue weighted by atomic mass is 9.93. The summed E-state index contributed by atoms with van der Waals surface area (Å²) >= 11 is 1.48. The summed E-state index contributed by atoms with van der Waals surface area (Å²) < 4.78 is 28.4. The van der Waals surface area contributed by atoms with Crippen molar-refractivity contribution in [2.45, 2.75) is 89.0 Å². The monoisotopic (exact) mass is 744 g/mol. The van der Waals surface area contributed by atoms with Gasteiger partial charge in [-0.1, -0.05) is 36.4 Å². The van der Waals surface area contributed by atoms with E-state index in [9.17, 15) is 27.6 Å². The van der Waals surface area contributed by atoms with E-state index in [-0.39, 0.29) is 53.5 Å². The van der Waals surface area contributed by atoms with Crippen LogP contribution >= 0.6 is 11.3 Å². The highest BCUT2D eigenvalue weighted by atomic mass is 32.2. The Balaban J connectivity index is 1.27. The maximum absolute atomic E-state index is 13.8. The number of hydrogen-bond donors (Lipinski definition) is 3. The van der Waals surface area contributed by atoms with Gasteiger partial charge in [-0.3, -0.25) is 14.4 Å². The van der Waals surface area contributed by atoms with Crippen molar-refractivity contribution in [2.24, 2.45) is 0 Å². The molecular weight excluding hydrogens is 701 g/mol. The SMILES string of the molecule is CC(C)N(CCCC(=O)O)S(=O)(=O)c1cccc(C(=O)Cc2sc3c(c2C(=O)Nc2ccc(CCCc4ccc(C(=O)O)cc4)cc2)CCCC3)c1. The smallest absolute Gasteiger partial charge is 0.335 e. The third-order valence-corrected chi connectivity index (χ3v) is 12.6. The van der Waals surface area contributed by atoms with E-state index in [4.69, 9.17) is 10.2 Å². The number of nitrogens with zero attached hydrogens (tertiary/aromatic N) is 1. The molecule has 3 N–H and O–H groups in total. The molecule has 1 aliphatic carbocycles. The third kappa shape index (κ3) is 9.61. The van der Waals surface area contributed by atoms with Crippen LogP contribution in [0, 0.1) is 0 Å². The summed E-state index contributed by atoms with van der Waals surface area (Å²) in [6.07, 6.45) is 6.04. The number of fused-ring (bicyclic) bond motifs is 1. The summed E-state index contributed by atoms with van der Waals surface area (Å²) in [6, 6.07) is 20.1. The number of ketones is 1. The van der Waals surface area contributed by atoms with Crippen LogP contribution in [0.15, 0.2) is 77.7 Å². The molecule has 0 bridgehead atoms. The van der Waals surface area contributed by atoms with Crippen molar-refractivity contribution in [3.8, 4) is 0 Å². The number of carboxylic acid groups (broad SMARTS) is 2. The van der Waals surface area contributed by atoms with E-state index in [2.05, 4.69) is 5.32 Å². The summed E-state index contributed by atoms with van der Waals surface area (Å²) in [5.41, 5.74) is 4.82. The van der Waals surface area contributed by atoms with Crippen molar-refractivity contribution in [1.29, 1.82) is 0 Å². The lowest BCUT2D eigenvalue weighted by Crippen LogP contribution is -2.38. The highest BCUT2D eigenvalue weighted by molar-refractivity contribution is 7.89. The van der Waals surface area contributed by atoms with Crippen molar-refractivity contribution < 1.29 is 37.8 Å². The second-order valence-electron chi connectivity index (χ2n) is 13.4. The van der Waals surface area contributed by atoms with Gasteiger partial charge in [0, 0.05) is 46.4 Å². The summed E-state index contributed by atoms with van der Waals surface area (Å²) in [6.45, 7) is 3.49. The molecule has 0 atom stereocenters. The van der Waals surface area contributed by atoms with Crippen molar-refractivity contribution in [3.05, 3.63) is 116 Å². The predicted octanol–water partition coefficient (Wildman–Crippen LogP) is 7.44. The zero-order valence-corrected chi connectivity index (χ0v) is 31.0. The molecule has 274 valence electrons. The number of thiophene rings is 1. The van der Waals surface area contributed by atoms with Crippen molar-refractivity contribution in [2.75, 3.05) is 11.9 Å². The number of sulfonamides is 1. The zero-order chi connectivity index (χ0) is 37.4. The minimum absolute atomic E-state index is 0.0383. The molecule has 3 aromatic carbocycles. The number of aliphatic carboxylic acids is 1. The van der Waals surface area contributed by atoms with E-state index < -0.39 is 28.0 Å². The van der Waals surface area contributed by atoms with Crippen LogP contribution in [-0.4, -0.2) is 59.2 Å². The van der Waals surface area contributed by atoms with Gasteiger partial charge in [0.1, 0.15) is 0 Å². The first-order valence-electron chi connectivity index (χ1n) is 17.6. The highest BCUT2D eigenvalue weighted by Crippen LogP contribution is 2.36. The fourth-order valence-electron chi connectivity index (χ4n) is 6.53. The highest BCUT2D eigenvalue weighted by Gasteiger charge is 2.29. The van der Waals surface area contributed by atoms with Crippen LogP contribution in [0.3, 0.4) is 0 Å². The van der Waals surface area contributed by atoms with E-state index in [0.717, 1.165) is 66.5 Å². The fourth-order valence-corrected chi connectivity index (χ4v) is 9.64. The minimum Gasteiger partial charge on any atom is -0.481 e. The van der Waals surface area contributed by atoms with Gasteiger partial charge in [-0.05, 0) is 118 Å². The first-order valence-corrected chi connectivity index (χ1v) is 19.8. The number of benzene rings is 3. The standard InChI is InChI=1S/C40H44N2O8S2/c1-26(2)42(23-7-14-37(44)45)52(49,50)32-11-6-10-30(24-32)34(43)25-36-38(33-12-3-4-13-35(33)51-36)39(46)41-31-21-17-28(18-22-31)9-5-8-27-15-19-29(20-16-27)40(47)48/h6,10-11,15-22,24,26H,3-5,7-9,12-14,23,25H2,1-2H3,(H,41,46)(H,44,45)(H,47,48). The summed E-state index contributed by atoms with van der Waals surface area (Å²) in [5, 5.41) is 21.2. The zero-order valence-electron chi connectivity index (χ0n) is 29.4. The van der Waals surface area contributed by atoms with E-state index in [1.807, 2.05) is 36.4 Å². The average Bonchev–Trinajstić information content (AvgIpc) is 3.48. The van der Waals surface area contributed by atoms with E-state index in [1.165, 1.54) is 33.8 Å². The Kier molecular flexibility index (Phi) is 12.8. The van der Waals surface area contributed by atoms with Crippen LogP contribution in [0.25, 0.3) is 0 Å². The van der Waals surface area contributed by atoms with Gasteiger partial charge in [0.05, 0.1) is 16.0 Å². The first-order chi connectivity index (χ1) is 24.8. The Bertz CT molecular complexity index is 2030. The average molecular weight is 745 g/mol. The lowest BCUT2D eigenvalue weighted by molar-refractivity contribution is -0.137. The molecule has 1 heterocycles. The molecule has 0 fully saturated rings. The molecule has 0 spiro atoms. The maximum Gasteiger partial charge on any atom is 0.335 e. The molecule has 1 aliphatic rings. The van der Waals surface area contributed by atoms with Crippen LogP contribution < -0.4 is 5.32 Å². The molecule has 0 unspecified atom stereocenters. The molecule has 0 saturated heterocycles. The maximum atomic E-state index is 13.8. The Hall–Kier alpha value is -4.65. The third-order valence-electron chi connectivity index (χ3n) is 9.24. The summed E-state index contributed by atoms with van der Waals surface area (Å²) in [5.74, 6) is -2.51. The first kappa shape index (κ1) is 38.6. The number of Topliss-reactive ketones (excluding diaryl/α,β-unsaturated/α-hetero) is 1. The molecule has 0 saturated carbocycles. The number of rotatable bonds is 17. The van der Waals surface area contributed by atoms with Gasteiger partial charge in [0.15, 0.2) is 5.78 Å². The van der Waals surface area contributed by atoms with Crippen molar-refractivity contribution >= 4 is 50.7 Å². The molecule has 12 heteroatoms.